The molecule has 4 rings (SSSR count). The molecular weight excluding hydrogens is 298 g/mol. The number of hydrogen-bond donors (Lipinski definition) is 2. The van der Waals surface area contributed by atoms with Crippen LogP contribution in [0.25, 0.3) is 10.9 Å². The fourth-order valence-electron chi connectivity index (χ4n) is 3.71. The standard InChI is InChI=1S/C20H23N3O/c1-14-9-11-15(12-10-14)22-19-18-17(8-5-13-21-18)20(24)23(19)16-6-3-2-4-7-16/h5,8-13,16,22,24H,2-4,6-7H2,1H3. The van der Waals surface area contributed by atoms with Crippen molar-refractivity contribution in [3.63, 3.8) is 0 Å². The Bertz CT molecular complexity index is 845. The summed E-state index contributed by atoms with van der Waals surface area (Å²) in [6.07, 6.45) is 7.73. The normalized spacial score (nSPS) is 15.7. The lowest BCUT2D eigenvalue weighted by Gasteiger charge is -2.26. The molecule has 0 bridgehead atoms. The van der Waals surface area contributed by atoms with Crippen molar-refractivity contribution in [2.45, 2.75) is 45.1 Å². The molecule has 1 aromatic carbocycles. The maximum atomic E-state index is 10.8. The van der Waals surface area contributed by atoms with Gasteiger partial charge in [0, 0.05) is 17.9 Å². The summed E-state index contributed by atoms with van der Waals surface area (Å²) in [6, 6.07) is 12.5. The minimum atomic E-state index is 0.333. The van der Waals surface area contributed by atoms with E-state index in [1.165, 1.54) is 24.8 Å². The van der Waals surface area contributed by atoms with Crippen LogP contribution in [0.5, 0.6) is 5.88 Å². The van der Waals surface area contributed by atoms with Crippen molar-refractivity contribution in [2.24, 2.45) is 0 Å². The van der Waals surface area contributed by atoms with Crippen molar-refractivity contribution in [2.75, 3.05) is 5.32 Å². The van der Waals surface area contributed by atoms with E-state index in [9.17, 15) is 5.11 Å². The first-order valence-electron chi connectivity index (χ1n) is 8.75. The molecule has 0 amide bonds. The Morgan fingerprint density at radius 1 is 1.08 bits per heavy atom. The van der Waals surface area contributed by atoms with Gasteiger partial charge in [-0.2, -0.15) is 0 Å². The Morgan fingerprint density at radius 2 is 1.83 bits per heavy atom. The number of aromatic hydroxyl groups is 1. The monoisotopic (exact) mass is 321 g/mol. The first-order valence-corrected chi connectivity index (χ1v) is 8.75. The van der Waals surface area contributed by atoms with Crippen molar-refractivity contribution in [3.05, 3.63) is 48.2 Å². The number of benzene rings is 1. The number of fused-ring (bicyclic) bond motifs is 1. The molecule has 2 heterocycles. The molecule has 4 nitrogen and oxygen atoms in total. The van der Waals surface area contributed by atoms with Crippen LogP contribution in [0.15, 0.2) is 42.6 Å². The van der Waals surface area contributed by atoms with Crippen LogP contribution < -0.4 is 5.32 Å². The molecule has 0 saturated heterocycles. The predicted molar refractivity (Wildman–Crippen MR) is 98.0 cm³/mol. The Labute approximate surface area is 142 Å². The fraction of sp³-hybridized carbons (Fsp3) is 0.350. The largest absolute Gasteiger partial charge is 0.494 e. The third-order valence-electron chi connectivity index (χ3n) is 5.00. The molecule has 0 aliphatic heterocycles. The molecule has 124 valence electrons. The summed E-state index contributed by atoms with van der Waals surface area (Å²) >= 11 is 0. The van der Waals surface area contributed by atoms with Gasteiger partial charge in [0.2, 0.25) is 5.88 Å². The van der Waals surface area contributed by atoms with Gasteiger partial charge in [-0.3, -0.25) is 9.55 Å². The van der Waals surface area contributed by atoms with Crippen molar-refractivity contribution in [1.82, 2.24) is 9.55 Å². The number of aryl methyl sites for hydroxylation is 1. The van der Waals surface area contributed by atoms with Gasteiger partial charge < -0.3 is 10.4 Å². The lowest BCUT2D eigenvalue weighted by atomic mass is 9.95. The van der Waals surface area contributed by atoms with Gasteiger partial charge in [0.25, 0.3) is 0 Å². The highest BCUT2D eigenvalue weighted by molar-refractivity contribution is 5.96. The van der Waals surface area contributed by atoms with E-state index in [4.69, 9.17) is 0 Å². The first-order chi connectivity index (χ1) is 11.7. The number of rotatable bonds is 3. The highest BCUT2D eigenvalue weighted by Crippen LogP contribution is 2.42. The van der Waals surface area contributed by atoms with E-state index in [-0.39, 0.29) is 0 Å². The smallest absolute Gasteiger partial charge is 0.202 e. The average Bonchev–Trinajstić information content (AvgIpc) is 2.90. The van der Waals surface area contributed by atoms with Gasteiger partial charge in [-0.1, -0.05) is 37.0 Å². The fourth-order valence-corrected chi connectivity index (χ4v) is 3.71. The Morgan fingerprint density at radius 3 is 2.58 bits per heavy atom. The summed E-state index contributed by atoms with van der Waals surface area (Å²) in [4.78, 5) is 4.53. The summed E-state index contributed by atoms with van der Waals surface area (Å²) < 4.78 is 2.07. The van der Waals surface area contributed by atoms with Crippen molar-refractivity contribution in [1.29, 1.82) is 0 Å². The lowest BCUT2D eigenvalue weighted by molar-refractivity contribution is 0.319. The van der Waals surface area contributed by atoms with E-state index in [0.717, 1.165) is 35.2 Å². The Balaban J connectivity index is 1.83. The molecule has 1 saturated carbocycles. The summed E-state index contributed by atoms with van der Waals surface area (Å²) in [5.41, 5.74) is 3.08. The quantitative estimate of drug-likeness (QED) is 0.688. The predicted octanol–water partition coefficient (Wildman–Crippen LogP) is 5.30. The van der Waals surface area contributed by atoms with Crippen LogP contribution in [-0.4, -0.2) is 14.7 Å². The molecule has 0 atom stereocenters. The van der Waals surface area contributed by atoms with E-state index in [2.05, 4.69) is 46.1 Å². The van der Waals surface area contributed by atoms with Gasteiger partial charge in [0.15, 0.2) is 0 Å². The van der Waals surface area contributed by atoms with Gasteiger partial charge >= 0.3 is 0 Å². The highest BCUT2D eigenvalue weighted by atomic mass is 16.3. The molecule has 0 spiro atoms. The second-order valence-electron chi connectivity index (χ2n) is 6.72. The molecule has 4 heteroatoms. The maximum Gasteiger partial charge on any atom is 0.202 e. The second kappa shape index (κ2) is 6.19. The van der Waals surface area contributed by atoms with Crippen LogP contribution in [0.1, 0.15) is 43.7 Å². The molecule has 3 aromatic rings. The van der Waals surface area contributed by atoms with E-state index in [1.807, 2.05) is 12.1 Å². The molecule has 0 unspecified atom stereocenters. The van der Waals surface area contributed by atoms with E-state index in [1.54, 1.807) is 6.20 Å². The number of nitrogens with one attached hydrogen (secondary N) is 1. The molecule has 2 N–H and O–H groups in total. The Hall–Kier alpha value is -2.49. The van der Waals surface area contributed by atoms with E-state index >= 15 is 0 Å². The molecule has 1 aliphatic carbocycles. The van der Waals surface area contributed by atoms with Gasteiger partial charge in [-0.15, -0.1) is 0 Å². The van der Waals surface area contributed by atoms with Crippen LogP contribution in [0.3, 0.4) is 0 Å². The summed E-state index contributed by atoms with van der Waals surface area (Å²) in [5.74, 6) is 1.23. The third-order valence-corrected chi connectivity index (χ3v) is 5.00. The third kappa shape index (κ3) is 2.62. The summed E-state index contributed by atoms with van der Waals surface area (Å²) in [6.45, 7) is 2.08. The lowest BCUT2D eigenvalue weighted by Crippen LogP contribution is -2.14. The number of aromatic nitrogens is 2. The highest BCUT2D eigenvalue weighted by Gasteiger charge is 2.25. The zero-order valence-corrected chi connectivity index (χ0v) is 14.0. The van der Waals surface area contributed by atoms with Gasteiger partial charge in [-0.25, -0.2) is 0 Å². The summed E-state index contributed by atoms with van der Waals surface area (Å²) in [7, 11) is 0. The molecule has 1 aliphatic rings. The average molecular weight is 321 g/mol. The van der Waals surface area contributed by atoms with Gasteiger partial charge in [0.05, 0.1) is 5.39 Å². The number of nitrogens with zero attached hydrogens (tertiary/aromatic N) is 2. The van der Waals surface area contributed by atoms with E-state index < -0.39 is 0 Å². The Kier molecular flexibility index (Phi) is 3.89. The SMILES string of the molecule is Cc1ccc(Nc2c3ncccc3c(O)n2C2CCCCC2)cc1. The van der Waals surface area contributed by atoms with Crippen molar-refractivity contribution >= 4 is 22.4 Å². The number of pyridine rings is 1. The first kappa shape index (κ1) is 15.1. The minimum Gasteiger partial charge on any atom is -0.494 e. The van der Waals surface area contributed by atoms with E-state index in [0.29, 0.717) is 11.9 Å². The van der Waals surface area contributed by atoms with Crippen molar-refractivity contribution in [3.8, 4) is 5.88 Å². The van der Waals surface area contributed by atoms with Crippen LogP contribution in [0.2, 0.25) is 0 Å². The van der Waals surface area contributed by atoms with Crippen LogP contribution in [-0.2, 0) is 0 Å². The second-order valence-corrected chi connectivity index (χ2v) is 6.72. The van der Waals surface area contributed by atoms with Crippen LogP contribution in [0.4, 0.5) is 11.5 Å². The van der Waals surface area contributed by atoms with Gasteiger partial charge in [-0.05, 0) is 44.0 Å². The number of anilines is 2. The van der Waals surface area contributed by atoms with Crippen molar-refractivity contribution < 1.29 is 5.11 Å². The minimum absolute atomic E-state index is 0.333. The molecule has 0 radical (unpaired) electrons. The van der Waals surface area contributed by atoms with Gasteiger partial charge in [0.1, 0.15) is 11.3 Å². The molecular formula is C20H23N3O. The molecule has 2 aromatic heterocycles. The zero-order chi connectivity index (χ0) is 16.5. The topological polar surface area (TPSA) is 50.1 Å². The molecule has 1 fully saturated rings. The van der Waals surface area contributed by atoms with Crippen LogP contribution in [0, 0.1) is 6.92 Å². The zero-order valence-electron chi connectivity index (χ0n) is 14.0. The summed E-state index contributed by atoms with van der Waals surface area (Å²) in [5, 5.41) is 15.1. The molecule has 24 heavy (non-hydrogen) atoms. The maximum absolute atomic E-state index is 10.8. The van der Waals surface area contributed by atoms with Crippen LogP contribution >= 0.6 is 0 Å². The number of hydrogen-bond acceptors (Lipinski definition) is 3.